The minimum absolute atomic E-state index is 0.0139. The molecule has 1 saturated carbocycles. The number of ketones is 1. The monoisotopic (exact) mass is 228 g/mol. The quantitative estimate of drug-likeness (QED) is 0.802. The summed E-state index contributed by atoms with van der Waals surface area (Å²) in [7, 11) is 0. The van der Waals surface area contributed by atoms with Crippen molar-refractivity contribution in [3.63, 3.8) is 0 Å². The molecular weight excluding hydrogens is 220 g/mol. The van der Waals surface area contributed by atoms with E-state index >= 15 is 0 Å². The molecule has 1 N–H and O–H groups in total. The molecule has 80 valence electrons. The molecule has 15 heavy (non-hydrogen) atoms. The summed E-state index contributed by atoms with van der Waals surface area (Å²) in [6, 6.07) is 0. The molecule has 0 amide bonds. The summed E-state index contributed by atoms with van der Waals surface area (Å²) in [5.74, 6) is 0.0998. The summed E-state index contributed by atoms with van der Waals surface area (Å²) >= 11 is 5.55. The average Bonchev–Trinajstić information content (AvgIpc) is 2.97. The van der Waals surface area contributed by atoms with Crippen LogP contribution in [-0.4, -0.2) is 15.3 Å². The van der Waals surface area contributed by atoms with Crippen LogP contribution in [0.15, 0.2) is 15.8 Å². The number of aromatic amines is 1. The van der Waals surface area contributed by atoms with Gasteiger partial charge >= 0.3 is 5.69 Å². The van der Waals surface area contributed by atoms with Gasteiger partial charge in [0.05, 0.1) is 6.54 Å². The van der Waals surface area contributed by atoms with Crippen LogP contribution in [0.4, 0.5) is 0 Å². The fraction of sp³-hybridized carbons (Fsp3) is 0.444. The number of hydrogen-bond acceptors (Lipinski definition) is 3. The van der Waals surface area contributed by atoms with Gasteiger partial charge < -0.3 is 0 Å². The maximum absolute atomic E-state index is 11.4. The van der Waals surface area contributed by atoms with E-state index in [9.17, 15) is 14.4 Å². The molecule has 2 rings (SSSR count). The SMILES string of the molecule is O=C(Cn1cc(Cl)c(=O)[nH]c1=O)C1CC1. The van der Waals surface area contributed by atoms with E-state index in [1.165, 1.54) is 6.20 Å². The molecule has 0 spiro atoms. The number of H-pyrrole nitrogens is 1. The summed E-state index contributed by atoms with van der Waals surface area (Å²) in [6.45, 7) is -0.0139. The van der Waals surface area contributed by atoms with E-state index in [2.05, 4.69) is 0 Å². The van der Waals surface area contributed by atoms with Crippen LogP contribution in [0.25, 0.3) is 0 Å². The maximum atomic E-state index is 11.4. The first-order valence-corrected chi connectivity index (χ1v) is 4.97. The predicted octanol–water partition coefficient (Wildman–Crippen LogP) is 0.169. The first kappa shape index (κ1) is 10.2. The third kappa shape index (κ3) is 2.18. The molecule has 1 heterocycles. The summed E-state index contributed by atoms with van der Waals surface area (Å²) in [5.41, 5.74) is -1.23. The summed E-state index contributed by atoms with van der Waals surface area (Å²) in [5, 5.41) is -0.0850. The highest BCUT2D eigenvalue weighted by molar-refractivity contribution is 6.30. The smallest absolute Gasteiger partial charge is 0.297 e. The van der Waals surface area contributed by atoms with E-state index in [1.54, 1.807) is 0 Å². The van der Waals surface area contributed by atoms with Crippen LogP contribution in [0, 0.1) is 5.92 Å². The van der Waals surface area contributed by atoms with Gasteiger partial charge in [-0.2, -0.15) is 0 Å². The van der Waals surface area contributed by atoms with E-state index in [0.717, 1.165) is 17.4 Å². The molecule has 5 nitrogen and oxygen atoms in total. The highest BCUT2D eigenvalue weighted by Crippen LogP contribution is 2.30. The lowest BCUT2D eigenvalue weighted by atomic mass is 10.2. The van der Waals surface area contributed by atoms with Crippen LogP contribution < -0.4 is 11.2 Å². The number of aromatic nitrogens is 2. The molecule has 0 radical (unpaired) electrons. The largest absolute Gasteiger partial charge is 0.328 e. The third-order valence-electron chi connectivity index (χ3n) is 2.33. The van der Waals surface area contributed by atoms with Gasteiger partial charge in [-0.1, -0.05) is 11.6 Å². The predicted molar refractivity (Wildman–Crippen MR) is 54.1 cm³/mol. The summed E-state index contributed by atoms with van der Waals surface area (Å²) in [6.07, 6.45) is 2.98. The number of nitrogens with one attached hydrogen (secondary N) is 1. The number of Topliss-reactive ketones (excluding diaryl/α,β-unsaturated/α-hetero) is 1. The van der Waals surface area contributed by atoms with Gasteiger partial charge in [0, 0.05) is 12.1 Å². The zero-order valence-electron chi connectivity index (χ0n) is 7.83. The van der Waals surface area contributed by atoms with Crippen molar-refractivity contribution in [3.8, 4) is 0 Å². The van der Waals surface area contributed by atoms with Crippen LogP contribution in [0.1, 0.15) is 12.8 Å². The van der Waals surface area contributed by atoms with Crippen molar-refractivity contribution < 1.29 is 4.79 Å². The van der Waals surface area contributed by atoms with Crippen molar-refractivity contribution in [2.45, 2.75) is 19.4 Å². The Morgan fingerprint density at radius 3 is 2.80 bits per heavy atom. The highest BCUT2D eigenvalue weighted by atomic mass is 35.5. The number of hydrogen-bond donors (Lipinski definition) is 1. The number of carbonyl (C=O) groups is 1. The normalized spacial score (nSPS) is 15.3. The van der Waals surface area contributed by atoms with Gasteiger partial charge in [-0.3, -0.25) is 19.1 Å². The zero-order chi connectivity index (χ0) is 11.0. The zero-order valence-corrected chi connectivity index (χ0v) is 8.58. The topological polar surface area (TPSA) is 71.9 Å². The molecule has 0 bridgehead atoms. The Kier molecular flexibility index (Phi) is 2.48. The summed E-state index contributed by atoms with van der Waals surface area (Å²) in [4.78, 5) is 35.7. The molecule has 0 saturated heterocycles. The molecular formula is C9H9ClN2O3. The van der Waals surface area contributed by atoms with Gasteiger partial charge in [0.15, 0.2) is 5.78 Å². The number of rotatable bonds is 3. The Morgan fingerprint density at radius 2 is 2.20 bits per heavy atom. The van der Waals surface area contributed by atoms with E-state index in [0.29, 0.717) is 0 Å². The first-order chi connectivity index (χ1) is 7.08. The van der Waals surface area contributed by atoms with Crippen molar-refractivity contribution in [2.24, 2.45) is 5.92 Å². The van der Waals surface area contributed by atoms with Crippen molar-refractivity contribution in [2.75, 3.05) is 0 Å². The molecule has 1 fully saturated rings. The van der Waals surface area contributed by atoms with Crippen LogP contribution >= 0.6 is 11.6 Å². The van der Waals surface area contributed by atoms with Gasteiger partial charge in [-0.05, 0) is 12.8 Å². The molecule has 0 aliphatic heterocycles. The van der Waals surface area contributed by atoms with Crippen molar-refractivity contribution in [1.82, 2.24) is 9.55 Å². The maximum Gasteiger partial charge on any atom is 0.328 e. The van der Waals surface area contributed by atoms with Gasteiger partial charge in [-0.25, -0.2) is 4.79 Å². The second-order valence-corrected chi connectivity index (χ2v) is 4.01. The van der Waals surface area contributed by atoms with E-state index in [4.69, 9.17) is 11.6 Å². The minimum Gasteiger partial charge on any atom is -0.297 e. The van der Waals surface area contributed by atoms with Gasteiger partial charge in [0.1, 0.15) is 5.02 Å². The van der Waals surface area contributed by atoms with Crippen molar-refractivity contribution in [3.05, 3.63) is 32.1 Å². The second-order valence-electron chi connectivity index (χ2n) is 3.60. The fourth-order valence-corrected chi connectivity index (χ4v) is 1.47. The molecule has 1 aromatic rings. The molecule has 0 unspecified atom stereocenters. The lowest BCUT2D eigenvalue weighted by Gasteiger charge is -2.03. The average molecular weight is 229 g/mol. The van der Waals surface area contributed by atoms with Crippen LogP contribution in [0.3, 0.4) is 0 Å². The van der Waals surface area contributed by atoms with E-state index < -0.39 is 11.2 Å². The lowest BCUT2D eigenvalue weighted by molar-refractivity contribution is -0.120. The molecule has 1 aromatic heterocycles. The van der Waals surface area contributed by atoms with Gasteiger partial charge in [0.25, 0.3) is 5.56 Å². The molecule has 1 aliphatic carbocycles. The van der Waals surface area contributed by atoms with Gasteiger partial charge in [0.2, 0.25) is 0 Å². The lowest BCUT2D eigenvalue weighted by Crippen LogP contribution is -2.32. The second kappa shape index (κ2) is 3.66. The Morgan fingerprint density at radius 1 is 1.53 bits per heavy atom. The number of halogens is 1. The number of nitrogens with zero attached hydrogens (tertiary/aromatic N) is 1. The Hall–Kier alpha value is -1.36. The number of carbonyl (C=O) groups excluding carboxylic acids is 1. The standard InChI is InChI=1S/C9H9ClN2O3/c10-6-3-12(9(15)11-8(6)14)4-7(13)5-1-2-5/h3,5H,1-2,4H2,(H,11,14,15). The molecule has 6 heteroatoms. The van der Waals surface area contributed by atoms with Crippen molar-refractivity contribution in [1.29, 1.82) is 0 Å². The van der Waals surface area contributed by atoms with Gasteiger partial charge in [-0.15, -0.1) is 0 Å². The van der Waals surface area contributed by atoms with Crippen LogP contribution in [-0.2, 0) is 11.3 Å². The van der Waals surface area contributed by atoms with E-state index in [-0.39, 0.29) is 23.3 Å². The molecule has 0 aromatic carbocycles. The molecule has 1 aliphatic rings. The first-order valence-electron chi connectivity index (χ1n) is 4.60. The van der Waals surface area contributed by atoms with Crippen LogP contribution in [0.2, 0.25) is 5.02 Å². The fourth-order valence-electron chi connectivity index (χ4n) is 1.30. The van der Waals surface area contributed by atoms with Crippen LogP contribution in [0.5, 0.6) is 0 Å². The van der Waals surface area contributed by atoms with Crippen molar-refractivity contribution >= 4 is 17.4 Å². The van der Waals surface area contributed by atoms with E-state index in [1.807, 2.05) is 4.98 Å². The molecule has 0 atom stereocenters. The Labute approximate surface area is 89.7 Å². The summed E-state index contributed by atoms with van der Waals surface area (Å²) < 4.78 is 1.13. The Bertz CT molecular complexity index is 513. The highest BCUT2D eigenvalue weighted by Gasteiger charge is 2.29. The minimum atomic E-state index is -0.628. The third-order valence-corrected chi connectivity index (χ3v) is 2.60. The Balaban J connectivity index is 2.28.